The molecule has 4 aromatic heterocycles. The predicted molar refractivity (Wildman–Crippen MR) is 361 cm³/mol. The molecule has 0 atom stereocenters. The Morgan fingerprint density at radius 1 is 0.333 bits per heavy atom. The molecule has 0 aliphatic carbocycles. The first kappa shape index (κ1) is 73.7. The van der Waals surface area contributed by atoms with E-state index in [2.05, 4.69) is 283 Å². The number of aryl methyl sites for hydroxylation is 5. The Hall–Kier alpha value is -7.04. The Balaban J connectivity index is 0.000000215. The first-order valence-electron chi connectivity index (χ1n) is 29.8. The number of nitrogens with zero attached hydrogens (tertiary/aromatic N) is 4. The summed E-state index contributed by atoms with van der Waals surface area (Å²) in [5, 5.41) is 0. The molecule has 4 radical (unpaired) electrons. The van der Waals surface area contributed by atoms with E-state index < -0.39 is 0 Å². The summed E-state index contributed by atoms with van der Waals surface area (Å²) in [5.41, 5.74) is 27.9. The van der Waals surface area contributed by atoms with Crippen molar-refractivity contribution in [2.24, 2.45) is 11.8 Å². The van der Waals surface area contributed by atoms with Crippen molar-refractivity contribution in [2.75, 3.05) is 0 Å². The molecule has 4 nitrogen and oxygen atoms in total. The van der Waals surface area contributed by atoms with Crippen molar-refractivity contribution in [3.63, 3.8) is 0 Å². The molecule has 0 N–H and O–H groups in total. The molecule has 12 aromatic rings. The van der Waals surface area contributed by atoms with Crippen molar-refractivity contribution in [1.29, 1.82) is 0 Å². The van der Waals surface area contributed by atoms with Gasteiger partial charge in [0, 0.05) is 105 Å². The van der Waals surface area contributed by atoms with Crippen LogP contribution in [0.2, 0.25) is 0 Å². The molecule has 8 heteroatoms. The van der Waals surface area contributed by atoms with Crippen LogP contribution in [0, 0.1) is 77.6 Å². The average molecular weight is 1890 g/mol. The molecule has 0 saturated carbocycles. The van der Waals surface area contributed by atoms with Crippen LogP contribution in [0.25, 0.3) is 89.5 Å². The van der Waals surface area contributed by atoms with Crippen LogP contribution in [0.15, 0.2) is 243 Å². The van der Waals surface area contributed by atoms with Crippen molar-refractivity contribution in [2.45, 2.75) is 82.1 Å². The van der Waals surface area contributed by atoms with Crippen LogP contribution in [0.4, 0.5) is 0 Å². The van der Waals surface area contributed by atoms with Crippen molar-refractivity contribution in [3.8, 4) is 89.5 Å². The third kappa shape index (κ3) is 21.6. The Kier molecular flexibility index (Phi) is 30.1. The second kappa shape index (κ2) is 36.7. The maximum absolute atomic E-state index is 4.61. The third-order valence-electron chi connectivity index (χ3n) is 14.7. The Bertz CT molecular complexity index is 4090. The average Bonchev–Trinajstić information content (AvgIpc) is 1.23. The topological polar surface area (TPSA) is 51.6 Å². The van der Waals surface area contributed by atoms with Gasteiger partial charge in [-0.1, -0.05) is 203 Å². The molecule has 0 unspecified atom stereocenters. The normalized spacial score (nSPS) is 10.3. The molecule has 0 aliphatic heterocycles. The van der Waals surface area contributed by atoms with E-state index in [1.54, 1.807) is 0 Å². The van der Waals surface area contributed by atoms with Gasteiger partial charge in [0.2, 0.25) is 0 Å². The van der Waals surface area contributed by atoms with Gasteiger partial charge in [-0.3, -0.25) is 0 Å². The van der Waals surface area contributed by atoms with Crippen LogP contribution in [0.3, 0.4) is 0 Å². The van der Waals surface area contributed by atoms with Gasteiger partial charge in [-0.05, 0) is 127 Å². The number of benzene rings is 8. The van der Waals surface area contributed by atoms with E-state index in [0.29, 0.717) is 11.8 Å². The molecule has 464 valence electrons. The zero-order valence-corrected chi connectivity index (χ0v) is 62.4. The van der Waals surface area contributed by atoms with Crippen LogP contribution >= 0.6 is 0 Å². The maximum atomic E-state index is 4.61. The molecule has 0 aliphatic rings. The van der Waals surface area contributed by atoms with Gasteiger partial charge in [0.05, 0.1) is 0 Å². The zero-order chi connectivity index (χ0) is 60.4. The summed E-state index contributed by atoms with van der Waals surface area (Å²) in [7, 11) is 0. The second-order valence-electron chi connectivity index (χ2n) is 23.0. The fraction of sp³-hybridized carbons (Fsp3) is 0.171. The van der Waals surface area contributed by atoms with Gasteiger partial charge in [-0.25, -0.2) is 0 Å². The molecular weight excluding hydrogens is 1810 g/mol. The van der Waals surface area contributed by atoms with Crippen LogP contribution in [-0.4, -0.2) is 19.9 Å². The summed E-state index contributed by atoms with van der Waals surface area (Å²) in [5.74, 6) is 1.30. The molecule has 0 saturated heterocycles. The number of rotatable bonds is 12. The standard InChI is InChI=1S/3C21H20N.C19H16N.4Ir/c1-14-10-15(2)12-20(11-14)18-6-5-7-19(13-18)21-17(4)16(3)8-9-22-21;1-16(2)13-17-11-12-21(22-15-17)20-10-6-9-19(14-20)18-7-4-3-5-8-18;1-16(2)13-17-11-12-22-21(14-17)20-10-6-9-19(15-20)18-7-4-3-5-8-18;1-14-10-15(2)12-18(11-14)19-13-17(8-9-20-19)16-6-4-3-5-7-16;;;;/h5-6,8-13H,1-4H3;2*3-9,11-12,14-16H,13H2,1-2H3;3-11,13H,1-2H3;;;;/q4*-1;;;;. The fourth-order valence-electron chi connectivity index (χ4n) is 10.5. The van der Waals surface area contributed by atoms with Gasteiger partial charge in [-0.2, -0.15) is 0 Å². The Labute approximate surface area is 590 Å². The molecule has 0 amide bonds. The van der Waals surface area contributed by atoms with Gasteiger partial charge in [0.1, 0.15) is 0 Å². The van der Waals surface area contributed by atoms with Crippen molar-refractivity contribution in [3.05, 3.63) is 312 Å². The number of pyridine rings is 4. The van der Waals surface area contributed by atoms with Gasteiger partial charge < -0.3 is 19.9 Å². The monoisotopic (exact) mass is 1890 g/mol. The summed E-state index contributed by atoms with van der Waals surface area (Å²) < 4.78 is 0. The molecule has 4 heterocycles. The number of hydrogen-bond acceptors (Lipinski definition) is 4. The maximum Gasteiger partial charge on any atom is 0.0192 e. The number of hydrogen-bond donors (Lipinski definition) is 0. The van der Waals surface area contributed by atoms with Crippen LogP contribution in [0.5, 0.6) is 0 Å². The minimum atomic E-state index is 0. The third-order valence-corrected chi connectivity index (χ3v) is 14.7. The van der Waals surface area contributed by atoms with Gasteiger partial charge in [0.25, 0.3) is 0 Å². The zero-order valence-electron chi connectivity index (χ0n) is 52.8. The molecule has 12 rings (SSSR count). The van der Waals surface area contributed by atoms with Gasteiger partial charge in [-0.15, -0.1) is 141 Å². The first-order valence-corrected chi connectivity index (χ1v) is 29.8. The molecule has 0 spiro atoms. The fourth-order valence-corrected chi connectivity index (χ4v) is 10.5. The second-order valence-corrected chi connectivity index (χ2v) is 23.0. The van der Waals surface area contributed by atoms with E-state index in [1.807, 2.05) is 73.3 Å². The van der Waals surface area contributed by atoms with Gasteiger partial charge >= 0.3 is 0 Å². The number of aromatic nitrogens is 4. The van der Waals surface area contributed by atoms with Crippen LogP contribution in [-0.2, 0) is 93.3 Å². The van der Waals surface area contributed by atoms with Crippen LogP contribution in [0.1, 0.15) is 72.2 Å². The summed E-state index contributed by atoms with van der Waals surface area (Å²) >= 11 is 0. The minimum Gasteiger partial charge on any atom is -0.305 e. The molecule has 0 bridgehead atoms. The Morgan fingerprint density at radius 2 is 0.789 bits per heavy atom. The largest absolute Gasteiger partial charge is 0.305 e. The van der Waals surface area contributed by atoms with E-state index in [4.69, 9.17) is 0 Å². The first-order chi connectivity index (χ1) is 41.7. The molecular formula is C82H76Ir4N4-4. The Morgan fingerprint density at radius 3 is 1.31 bits per heavy atom. The van der Waals surface area contributed by atoms with Crippen molar-refractivity contribution >= 4 is 0 Å². The van der Waals surface area contributed by atoms with E-state index in [9.17, 15) is 0 Å². The minimum absolute atomic E-state index is 0. The SMILES string of the molecule is CC(C)Cc1ccc(-c2[c-]ccc(-c3ccccc3)c2)nc1.CC(C)Cc1ccnc(-c2[c-]ccc(-c3ccccc3)c2)c1.Cc1[c-]c(-c2cc(-c3ccccc3)ccn2)cc(C)c1.Cc1cc(C)cc(-c2cc[c-]c(-c3nccc(C)c3C)c2)c1.[Ir].[Ir].[Ir].[Ir]. The van der Waals surface area contributed by atoms with E-state index in [0.717, 1.165) is 63.4 Å². The van der Waals surface area contributed by atoms with Crippen molar-refractivity contribution in [1.82, 2.24) is 19.9 Å². The van der Waals surface area contributed by atoms with E-state index in [1.165, 1.54) is 83.5 Å². The van der Waals surface area contributed by atoms with Crippen molar-refractivity contribution < 1.29 is 80.4 Å². The van der Waals surface area contributed by atoms with Gasteiger partial charge in [0.15, 0.2) is 0 Å². The predicted octanol–water partition coefficient (Wildman–Crippen LogP) is 21.1. The van der Waals surface area contributed by atoms with E-state index in [-0.39, 0.29) is 80.4 Å². The summed E-state index contributed by atoms with van der Waals surface area (Å²) in [6.45, 7) is 21.6. The summed E-state index contributed by atoms with van der Waals surface area (Å²) in [6, 6.07) is 88.9. The molecule has 0 fully saturated rings. The summed E-state index contributed by atoms with van der Waals surface area (Å²) in [6.07, 6.45) is 9.77. The molecule has 90 heavy (non-hydrogen) atoms. The quantitative estimate of drug-likeness (QED) is 0.114. The van der Waals surface area contributed by atoms with E-state index >= 15 is 0 Å². The smallest absolute Gasteiger partial charge is 0.0192 e. The van der Waals surface area contributed by atoms with Crippen LogP contribution < -0.4 is 0 Å². The molecule has 8 aromatic carbocycles. The summed E-state index contributed by atoms with van der Waals surface area (Å²) in [4.78, 5) is 18.2.